The molecule has 2 heterocycles. The minimum absolute atomic E-state index is 0.0373. The summed E-state index contributed by atoms with van der Waals surface area (Å²) in [7, 11) is 0.436. The number of imide groups is 1. The molecule has 4 rings (SSSR count). The van der Waals surface area contributed by atoms with Gasteiger partial charge in [0.25, 0.3) is 5.91 Å². The van der Waals surface area contributed by atoms with Gasteiger partial charge in [-0.1, -0.05) is 0 Å². The maximum Gasteiger partial charge on any atom is 0.325 e. The molecule has 1 aromatic heterocycles. The van der Waals surface area contributed by atoms with E-state index in [1.54, 1.807) is 11.3 Å². The zero-order chi connectivity index (χ0) is 24.0. The Balaban J connectivity index is 1.56. The quantitative estimate of drug-likeness (QED) is 0.592. The van der Waals surface area contributed by atoms with E-state index in [1.807, 2.05) is 11.4 Å². The van der Waals surface area contributed by atoms with Gasteiger partial charge in [-0.15, -0.1) is 11.3 Å². The highest BCUT2D eigenvalue weighted by Crippen LogP contribution is 2.42. The molecule has 10 nitrogen and oxygen atoms in total. The maximum atomic E-state index is 13.3. The fraction of sp³-hybridized carbons (Fsp3) is 0.381. The molecule has 0 saturated carbocycles. The number of benzene rings is 1. The number of sulfonamides is 1. The number of urea groups is 1. The average Bonchev–Trinajstić information content (AvgIpc) is 3.34. The van der Waals surface area contributed by atoms with Gasteiger partial charge in [-0.2, -0.15) is 0 Å². The Morgan fingerprint density at radius 2 is 2.06 bits per heavy atom. The number of methoxy groups -OCH3 is 1. The summed E-state index contributed by atoms with van der Waals surface area (Å²) < 4.78 is 31.2. The highest BCUT2D eigenvalue weighted by atomic mass is 32.2. The van der Waals surface area contributed by atoms with Gasteiger partial charge in [0.2, 0.25) is 15.9 Å². The summed E-state index contributed by atoms with van der Waals surface area (Å²) in [6.45, 7) is -0.514. The predicted octanol–water partition coefficient (Wildman–Crippen LogP) is 1.73. The average molecular weight is 493 g/mol. The van der Waals surface area contributed by atoms with E-state index in [2.05, 4.69) is 10.6 Å². The van der Waals surface area contributed by atoms with Crippen molar-refractivity contribution in [3.8, 4) is 5.75 Å². The predicted molar refractivity (Wildman–Crippen MR) is 122 cm³/mol. The van der Waals surface area contributed by atoms with Gasteiger partial charge in [0.15, 0.2) is 0 Å². The molecule has 33 heavy (non-hydrogen) atoms. The Bertz CT molecular complexity index is 1240. The number of nitrogens with zero attached hydrogens (tertiary/aromatic N) is 2. The first-order chi connectivity index (χ1) is 15.6. The molecule has 2 N–H and O–H groups in total. The highest BCUT2D eigenvalue weighted by molar-refractivity contribution is 7.89. The van der Waals surface area contributed by atoms with Crippen molar-refractivity contribution in [3.05, 3.63) is 40.1 Å². The van der Waals surface area contributed by atoms with Crippen molar-refractivity contribution in [1.29, 1.82) is 0 Å². The number of rotatable bonds is 6. The molecule has 1 spiro atoms. The molecule has 1 aliphatic heterocycles. The number of amides is 4. The summed E-state index contributed by atoms with van der Waals surface area (Å²) in [6.07, 6.45) is 2.08. The lowest BCUT2D eigenvalue weighted by atomic mass is 9.80. The van der Waals surface area contributed by atoms with Gasteiger partial charge in [0.1, 0.15) is 17.8 Å². The summed E-state index contributed by atoms with van der Waals surface area (Å²) in [6, 6.07) is 5.28. The van der Waals surface area contributed by atoms with Crippen LogP contribution in [0.5, 0.6) is 5.75 Å². The second kappa shape index (κ2) is 8.43. The number of hydrogen-bond donors (Lipinski definition) is 2. The van der Waals surface area contributed by atoms with Crippen molar-refractivity contribution < 1.29 is 27.5 Å². The molecule has 1 atom stereocenters. The standard InChI is InChI=1S/C21H24N4O6S2/c1-24(2)33(29,30)13-6-7-16(31-3)15(11-13)22-18(26)12-25-19(27)21(23-20(25)28)9-4-5-17-14(21)8-10-32-17/h6-8,10-11H,4-5,9,12H2,1-3H3,(H,22,26)(H,23,28)/t21-/m1/s1. The van der Waals surface area contributed by atoms with E-state index in [0.717, 1.165) is 32.5 Å². The number of carbonyl (C=O) groups excluding carboxylic acids is 3. The van der Waals surface area contributed by atoms with E-state index in [9.17, 15) is 22.8 Å². The van der Waals surface area contributed by atoms with Crippen LogP contribution < -0.4 is 15.4 Å². The molecule has 12 heteroatoms. The van der Waals surface area contributed by atoms with Crippen molar-refractivity contribution in [2.24, 2.45) is 0 Å². The van der Waals surface area contributed by atoms with Crippen LogP contribution in [0.3, 0.4) is 0 Å². The Morgan fingerprint density at radius 1 is 1.30 bits per heavy atom. The first-order valence-electron chi connectivity index (χ1n) is 10.2. The van der Waals surface area contributed by atoms with Crippen LogP contribution in [0.25, 0.3) is 0 Å². The molecule has 1 aromatic carbocycles. The van der Waals surface area contributed by atoms with Crippen LogP contribution in [-0.4, -0.2) is 63.2 Å². The van der Waals surface area contributed by atoms with E-state index < -0.39 is 40.0 Å². The Hall–Kier alpha value is -2.96. The number of hydrogen-bond acceptors (Lipinski definition) is 7. The molecule has 1 aliphatic carbocycles. The fourth-order valence-corrected chi connectivity index (χ4v) is 6.10. The number of carbonyl (C=O) groups is 3. The lowest BCUT2D eigenvalue weighted by molar-refractivity contribution is -0.134. The molecular formula is C21H24N4O6S2. The normalized spacial score (nSPS) is 20.2. The zero-order valence-electron chi connectivity index (χ0n) is 18.4. The molecule has 1 fully saturated rings. The van der Waals surface area contributed by atoms with Crippen LogP contribution in [0, 0.1) is 0 Å². The molecule has 176 valence electrons. The molecule has 4 amide bonds. The summed E-state index contributed by atoms with van der Waals surface area (Å²) in [5.41, 5.74) is -0.226. The molecule has 1 saturated heterocycles. The molecule has 0 bridgehead atoms. The van der Waals surface area contributed by atoms with Gasteiger partial charge in [0, 0.05) is 24.5 Å². The van der Waals surface area contributed by atoms with Crippen LogP contribution in [0.2, 0.25) is 0 Å². The van der Waals surface area contributed by atoms with E-state index in [1.165, 1.54) is 39.4 Å². The van der Waals surface area contributed by atoms with Crippen LogP contribution >= 0.6 is 11.3 Å². The Labute approximate surface area is 195 Å². The monoisotopic (exact) mass is 492 g/mol. The van der Waals surface area contributed by atoms with E-state index in [-0.39, 0.29) is 16.3 Å². The lowest BCUT2D eigenvalue weighted by Crippen LogP contribution is -2.46. The highest BCUT2D eigenvalue weighted by Gasteiger charge is 2.54. The van der Waals surface area contributed by atoms with Gasteiger partial charge in [-0.25, -0.2) is 17.5 Å². The van der Waals surface area contributed by atoms with Crippen LogP contribution in [0.15, 0.2) is 34.5 Å². The summed E-state index contributed by atoms with van der Waals surface area (Å²) >= 11 is 1.55. The number of anilines is 1. The van der Waals surface area contributed by atoms with Gasteiger partial charge in [-0.3, -0.25) is 14.5 Å². The van der Waals surface area contributed by atoms with Crippen molar-refractivity contribution in [1.82, 2.24) is 14.5 Å². The van der Waals surface area contributed by atoms with Crippen LogP contribution in [0.4, 0.5) is 10.5 Å². The SMILES string of the molecule is COc1ccc(S(=O)(=O)N(C)C)cc1NC(=O)CN1C(=O)N[C@@]2(CCCc3sccc32)C1=O. The molecule has 0 unspecified atom stereocenters. The molecular weight excluding hydrogens is 468 g/mol. The second-order valence-corrected chi connectivity index (χ2v) is 11.2. The third-order valence-corrected chi connectivity index (χ3v) is 8.65. The first-order valence-corrected chi connectivity index (χ1v) is 12.5. The van der Waals surface area contributed by atoms with E-state index in [4.69, 9.17) is 4.74 Å². The smallest absolute Gasteiger partial charge is 0.325 e. The van der Waals surface area contributed by atoms with Gasteiger partial charge in [-0.05, 0) is 48.9 Å². The zero-order valence-corrected chi connectivity index (χ0v) is 20.0. The molecule has 0 radical (unpaired) electrons. The lowest BCUT2D eigenvalue weighted by Gasteiger charge is -2.31. The Morgan fingerprint density at radius 3 is 2.76 bits per heavy atom. The number of thiophene rings is 1. The minimum Gasteiger partial charge on any atom is -0.495 e. The van der Waals surface area contributed by atoms with Crippen LogP contribution in [-0.2, 0) is 31.6 Å². The summed E-state index contributed by atoms with van der Waals surface area (Å²) in [5, 5.41) is 7.26. The van der Waals surface area contributed by atoms with E-state index >= 15 is 0 Å². The largest absolute Gasteiger partial charge is 0.495 e. The number of ether oxygens (including phenoxy) is 1. The maximum absolute atomic E-state index is 13.3. The van der Waals surface area contributed by atoms with Gasteiger partial charge >= 0.3 is 6.03 Å². The second-order valence-electron chi connectivity index (χ2n) is 8.04. The molecule has 2 aliphatic rings. The van der Waals surface area contributed by atoms with Crippen molar-refractivity contribution in [2.75, 3.05) is 33.1 Å². The van der Waals surface area contributed by atoms with Crippen molar-refractivity contribution in [3.63, 3.8) is 0 Å². The fourth-order valence-electron chi connectivity index (χ4n) is 4.17. The number of aryl methyl sites for hydroxylation is 1. The third kappa shape index (κ3) is 3.87. The van der Waals surface area contributed by atoms with Gasteiger partial charge < -0.3 is 15.4 Å². The van der Waals surface area contributed by atoms with Crippen molar-refractivity contribution in [2.45, 2.75) is 29.7 Å². The van der Waals surface area contributed by atoms with Crippen molar-refractivity contribution >= 4 is 44.9 Å². The number of nitrogens with one attached hydrogen (secondary N) is 2. The van der Waals surface area contributed by atoms with Crippen LogP contribution in [0.1, 0.15) is 23.3 Å². The summed E-state index contributed by atoms with van der Waals surface area (Å²) in [4.78, 5) is 40.7. The molecule has 2 aromatic rings. The van der Waals surface area contributed by atoms with Gasteiger partial charge in [0.05, 0.1) is 17.7 Å². The third-order valence-electron chi connectivity index (χ3n) is 5.86. The number of fused-ring (bicyclic) bond motifs is 2. The minimum atomic E-state index is -3.74. The topological polar surface area (TPSA) is 125 Å². The summed E-state index contributed by atoms with van der Waals surface area (Å²) in [5.74, 6) is -0.877. The van der Waals surface area contributed by atoms with E-state index in [0.29, 0.717) is 6.42 Å². The first kappa shape index (κ1) is 23.2. The Kier molecular flexibility index (Phi) is 5.93.